The molecule has 1 aromatic heterocycles. The van der Waals surface area contributed by atoms with Crippen molar-refractivity contribution in [2.24, 2.45) is 0 Å². The second-order valence-corrected chi connectivity index (χ2v) is 6.40. The first kappa shape index (κ1) is 14.9. The summed E-state index contributed by atoms with van der Waals surface area (Å²) in [4.78, 5) is 6.86. The molecule has 0 amide bonds. The van der Waals surface area contributed by atoms with Crippen molar-refractivity contribution in [1.29, 1.82) is 0 Å². The maximum Gasteiger partial charge on any atom is 0.0725 e. The number of rotatable bonds is 3. The van der Waals surface area contributed by atoms with E-state index in [9.17, 15) is 0 Å². The molecule has 3 aromatic rings. The zero-order valence-corrected chi connectivity index (χ0v) is 14.3. The Morgan fingerprint density at radius 2 is 1.92 bits per heavy atom. The molecule has 0 spiro atoms. The van der Waals surface area contributed by atoms with Gasteiger partial charge in [-0.25, -0.2) is 0 Å². The van der Waals surface area contributed by atoms with Gasteiger partial charge >= 0.3 is 0 Å². The first-order valence-electron chi connectivity index (χ1n) is 8.67. The van der Waals surface area contributed by atoms with Gasteiger partial charge in [-0.1, -0.05) is 38.6 Å². The lowest BCUT2D eigenvalue weighted by Crippen LogP contribution is -2.12. The van der Waals surface area contributed by atoms with Crippen LogP contribution in [0.1, 0.15) is 36.1 Å². The maximum absolute atomic E-state index is 4.57. The van der Waals surface area contributed by atoms with Gasteiger partial charge in [0, 0.05) is 35.1 Å². The van der Waals surface area contributed by atoms with Gasteiger partial charge in [0.05, 0.1) is 5.52 Å². The first-order chi connectivity index (χ1) is 11.7. The Morgan fingerprint density at radius 1 is 1.04 bits per heavy atom. The average Bonchev–Trinajstić information content (AvgIpc) is 2.96. The van der Waals surface area contributed by atoms with Gasteiger partial charge in [0.15, 0.2) is 0 Å². The summed E-state index contributed by atoms with van der Waals surface area (Å²) in [7, 11) is 0. The van der Waals surface area contributed by atoms with Crippen LogP contribution in [0.25, 0.3) is 16.6 Å². The Hall–Kier alpha value is -2.61. The van der Waals surface area contributed by atoms with Crippen LogP contribution in [-0.2, 0) is 19.4 Å². The van der Waals surface area contributed by atoms with Crippen molar-refractivity contribution in [3.63, 3.8) is 0 Å². The molecule has 24 heavy (non-hydrogen) atoms. The van der Waals surface area contributed by atoms with Crippen molar-refractivity contribution in [3.05, 3.63) is 77.5 Å². The highest BCUT2D eigenvalue weighted by Gasteiger charge is 2.23. The number of aryl methyl sites for hydroxylation is 2. The maximum atomic E-state index is 4.57. The van der Waals surface area contributed by atoms with E-state index in [-0.39, 0.29) is 0 Å². The van der Waals surface area contributed by atoms with Crippen LogP contribution in [0.4, 0.5) is 5.69 Å². The molecule has 120 valence electrons. The number of nitrogens with zero attached hydrogens (tertiary/aromatic N) is 2. The second kappa shape index (κ2) is 5.79. The van der Waals surface area contributed by atoms with Crippen molar-refractivity contribution in [1.82, 2.24) is 4.98 Å². The third-order valence-electron chi connectivity index (χ3n) is 5.06. The molecule has 0 radical (unpaired) electrons. The van der Waals surface area contributed by atoms with Gasteiger partial charge in [-0.3, -0.25) is 4.98 Å². The molecule has 2 heteroatoms. The van der Waals surface area contributed by atoms with Crippen LogP contribution in [0.15, 0.2) is 55.2 Å². The summed E-state index contributed by atoms with van der Waals surface area (Å²) in [6.07, 6.45) is 3.99. The van der Waals surface area contributed by atoms with Gasteiger partial charge in [0.2, 0.25) is 0 Å². The smallest absolute Gasteiger partial charge is 0.0725 e. The number of hydrogen-bond acceptors (Lipinski definition) is 2. The Bertz CT molecular complexity index is 940. The molecule has 0 saturated carbocycles. The van der Waals surface area contributed by atoms with Gasteiger partial charge in [-0.15, -0.1) is 0 Å². The van der Waals surface area contributed by atoms with E-state index in [1.54, 1.807) is 0 Å². The molecule has 0 atom stereocenters. The zero-order valence-electron chi connectivity index (χ0n) is 14.3. The van der Waals surface area contributed by atoms with Gasteiger partial charge in [-0.2, -0.15) is 0 Å². The number of pyridine rings is 1. The van der Waals surface area contributed by atoms with Gasteiger partial charge in [0.25, 0.3) is 0 Å². The zero-order chi connectivity index (χ0) is 16.7. The number of aromatic nitrogens is 1. The highest BCUT2D eigenvalue weighted by Crippen LogP contribution is 2.37. The molecule has 0 saturated heterocycles. The lowest BCUT2D eigenvalue weighted by atomic mass is 10.0. The van der Waals surface area contributed by atoms with Crippen molar-refractivity contribution >= 4 is 22.3 Å². The first-order valence-corrected chi connectivity index (χ1v) is 8.67. The molecular formula is C22H22N2. The number of hydrogen-bond donors (Lipinski definition) is 0. The highest BCUT2D eigenvalue weighted by molar-refractivity contribution is 5.90. The van der Waals surface area contributed by atoms with Crippen LogP contribution in [0, 0.1) is 0 Å². The van der Waals surface area contributed by atoms with E-state index in [2.05, 4.69) is 72.8 Å². The van der Waals surface area contributed by atoms with Crippen LogP contribution in [0.3, 0.4) is 0 Å². The summed E-state index contributed by atoms with van der Waals surface area (Å²) in [5.74, 6) is 0. The number of benzene rings is 2. The molecule has 0 N–H and O–H groups in total. The van der Waals surface area contributed by atoms with Gasteiger partial charge < -0.3 is 4.90 Å². The lowest BCUT2D eigenvalue weighted by molar-refractivity contribution is 1.04. The Morgan fingerprint density at radius 3 is 2.71 bits per heavy atom. The summed E-state index contributed by atoms with van der Waals surface area (Å²) in [6, 6.07) is 15.4. The summed E-state index contributed by atoms with van der Waals surface area (Å²) < 4.78 is 0. The fraction of sp³-hybridized carbons (Fsp3) is 0.227. The van der Waals surface area contributed by atoms with Crippen LogP contribution in [-0.4, -0.2) is 4.98 Å². The van der Waals surface area contributed by atoms with Crippen molar-refractivity contribution < 1.29 is 0 Å². The average molecular weight is 314 g/mol. The Balaban J connectivity index is 1.75. The molecule has 0 fully saturated rings. The van der Waals surface area contributed by atoms with Gasteiger partial charge in [-0.05, 0) is 53.8 Å². The summed E-state index contributed by atoms with van der Waals surface area (Å²) in [6.45, 7) is 9.61. The van der Waals surface area contributed by atoms with E-state index in [0.717, 1.165) is 30.6 Å². The monoisotopic (exact) mass is 314 g/mol. The quantitative estimate of drug-likeness (QED) is 0.648. The minimum absolute atomic E-state index is 0.886. The molecule has 1 aliphatic rings. The van der Waals surface area contributed by atoms with E-state index in [0.29, 0.717) is 0 Å². The van der Waals surface area contributed by atoms with Crippen LogP contribution in [0.5, 0.6) is 0 Å². The Kier molecular flexibility index (Phi) is 3.61. The molecule has 1 aliphatic heterocycles. The second-order valence-electron chi connectivity index (χ2n) is 6.40. The molecule has 2 nitrogen and oxygen atoms in total. The summed E-state index contributed by atoms with van der Waals surface area (Å²) in [5.41, 5.74) is 8.67. The minimum Gasteiger partial charge on any atom is -0.337 e. The topological polar surface area (TPSA) is 16.1 Å². The third-order valence-corrected chi connectivity index (χ3v) is 5.06. The van der Waals surface area contributed by atoms with Crippen LogP contribution >= 0.6 is 0 Å². The fourth-order valence-electron chi connectivity index (χ4n) is 3.58. The Labute approximate surface area is 143 Å². The lowest BCUT2D eigenvalue weighted by Gasteiger charge is -2.20. The van der Waals surface area contributed by atoms with Crippen molar-refractivity contribution in [2.75, 3.05) is 4.90 Å². The number of anilines is 1. The highest BCUT2D eigenvalue weighted by atomic mass is 15.2. The molecule has 2 aromatic carbocycles. The molecule has 4 rings (SSSR count). The van der Waals surface area contributed by atoms with E-state index in [1.165, 1.54) is 33.3 Å². The van der Waals surface area contributed by atoms with E-state index >= 15 is 0 Å². The summed E-state index contributed by atoms with van der Waals surface area (Å²) in [5, 5.41) is 1.25. The molecule has 2 heterocycles. The minimum atomic E-state index is 0.886. The molecule has 0 unspecified atom stereocenters. The fourth-order valence-corrected chi connectivity index (χ4v) is 3.58. The van der Waals surface area contributed by atoms with E-state index in [1.807, 2.05) is 6.20 Å². The van der Waals surface area contributed by atoms with Crippen LogP contribution < -0.4 is 4.90 Å². The normalized spacial score (nSPS) is 13.6. The molecule has 0 bridgehead atoms. The van der Waals surface area contributed by atoms with Crippen LogP contribution in [0.2, 0.25) is 0 Å². The predicted octanol–water partition coefficient (Wildman–Crippen LogP) is 5.35. The standard InChI is InChI=1S/C22H22N2/c1-4-16-6-7-18-14-24(15(3)21(18)12-16)19-8-9-20-17(5-2)10-11-23-22(20)13-19/h6-13H,3-5,14H2,1-2H3. The molecule has 0 aliphatic carbocycles. The van der Waals surface area contributed by atoms with E-state index < -0.39 is 0 Å². The van der Waals surface area contributed by atoms with E-state index in [4.69, 9.17) is 0 Å². The van der Waals surface area contributed by atoms with Crippen molar-refractivity contribution in [3.8, 4) is 0 Å². The summed E-state index contributed by atoms with van der Waals surface area (Å²) >= 11 is 0. The van der Waals surface area contributed by atoms with Crippen molar-refractivity contribution in [2.45, 2.75) is 33.2 Å². The van der Waals surface area contributed by atoms with Gasteiger partial charge in [0.1, 0.15) is 0 Å². The predicted molar refractivity (Wildman–Crippen MR) is 102 cm³/mol. The third kappa shape index (κ3) is 2.30. The SMILES string of the molecule is C=C1c2cc(CC)ccc2CN1c1ccc2c(CC)ccnc2c1. The molecular weight excluding hydrogens is 292 g/mol. The largest absolute Gasteiger partial charge is 0.337 e. The number of fused-ring (bicyclic) bond motifs is 2.